The predicted octanol–water partition coefficient (Wildman–Crippen LogP) is 4.25. The van der Waals surface area contributed by atoms with Crippen molar-refractivity contribution in [3.8, 4) is 0 Å². The van der Waals surface area contributed by atoms with Gasteiger partial charge in [0.1, 0.15) is 0 Å². The summed E-state index contributed by atoms with van der Waals surface area (Å²) in [6.07, 6.45) is 9.13. The largest absolute Gasteiger partial charge is 0.133 e. The molecule has 0 aromatic rings. The van der Waals surface area contributed by atoms with Crippen molar-refractivity contribution in [2.45, 2.75) is 65.0 Å². The van der Waals surface area contributed by atoms with Gasteiger partial charge in [0, 0.05) is 0 Å². The summed E-state index contributed by atoms with van der Waals surface area (Å²) in [5.74, 6) is 0.905. The normalized spacial score (nSPS) is 47.0. The fourth-order valence-corrected chi connectivity index (χ4v) is 5.43. The van der Waals surface area contributed by atoms with Crippen molar-refractivity contribution < 1.29 is 0 Å². The molecule has 0 aromatic heterocycles. The van der Waals surface area contributed by atoms with Crippen LogP contribution in [-0.2, 0) is 0 Å². The highest BCUT2D eigenvalue weighted by atomic mass is 31.0. The van der Waals surface area contributed by atoms with E-state index in [1.54, 1.807) is 19.3 Å². The van der Waals surface area contributed by atoms with Crippen molar-refractivity contribution in [3.63, 3.8) is 0 Å². The Hall–Kier alpha value is 0.430. The molecule has 15 heavy (non-hydrogen) atoms. The molecule has 0 saturated heterocycles. The highest BCUT2D eigenvalue weighted by Crippen LogP contribution is 2.80. The van der Waals surface area contributed by atoms with Gasteiger partial charge in [0.15, 0.2) is 0 Å². The Kier molecular flexibility index (Phi) is 1.98. The Morgan fingerprint density at radius 3 is 2.07 bits per heavy atom. The quantitative estimate of drug-likeness (QED) is 0.626. The molecule has 0 spiro atoms. The van der Waals surface area contributed by atoms with Crippen molar-refractivity contribution in [2.24, 2.45) is 22.2 Å². The molecule has 1 heteroatoms. The molecule has 0 N–H and O–H groups in total. The molecule has 4 aliphatic rings. The summed E-state index contributed by atoms with van der Waals surface area (Å²) in [5.41, 5.74) is 3.24. The highest BCUT2D eigenvalue weighted by Gasteiger charge is 2.71. The average Bonchev–Trinajstić information content (AvgIpc) is 2.73. The summed E-state index contributed by atoms with van der Waals surface area (Å²) in [5, 5.41) is 0. The van der Waals surface area contributed by atoms with E-state index in [0.717, 1.165) is 27.8 Å². The van der Waals surface area contributed by atoms with Crippen LogP contribution < -0.4 is 0 Å². The van der Waals surface area contributed by atoms with E-state index >= 15 is 0 Å². The molecule has 0 amide bonds. The maximum absolute atomic E-state index is 3.20. The van der Waals surface area contributed by atoms with Gasteiger partial charge in [-0.3, -0.25) is 0 Å². The SMILES string of the molecule is CC(C)CC12CC(C(P)C3(C)CC3)(C1)C2. The fourth-order valence-electron chi connectivity index (χ4n) is 4.74. The van der Waals surface area contributed by atoms with Crippen LogP contribution in [0.4, 0.5) is 0 Å². The van der Waals surface area contributed by atoms with E-state index < -0.39 is 0 Å². The summed E-state index contributed by atoms with van der Waals surface area (Å²) >= 11 is 0. The van der Waals surface area contributed by atoms with Crippen LogP contribution in [0.3, 0.4) is 0 Å². The van der Waals surface area contributed by atoms with Gasteiger partial charge < -0.3 is 0 Å². The molecule has 4 rings (SSSR count). The molecule has 0 aliphatic heterocycles. The van der Waals surface area contributed by atoms with E-state index in [9.17, 15) is 0 Å². The topological polar surface area (TPSA) is 0 Å². The molecule has 0 heterocycles. The minimum absolute atomic E-state index is 0.717. The van der Waals surface area contributed by atoms with Crippen LogP contribution in [-0.4, -0.2) is 5.66 Å². The van der Waals surface area contributed by atoms with E-state index in [-0.39, 0.29) is 0 Å². The average molecular weight is 224 g/mol. The third-order valence-corrected chi connectivity index (χ3v) is 6.98. The van der Waals surface area contributed by atoms with Crippen molar-refractivity contribution in [3.05, 3.63) is 0 Å². The highest BCUT2D eigenvalue weighted by molar-refractivity contribution is 7.17. The fraction of sp³-hybridized carbons (Fsp3) is 1.00. The maximum Gasteiger partial charge on any atom is -0.0153 e. The standard InChI is InChI=1S/C14H25P/c1-10(2)6-13-7-14(8-13,9-13)11(15)12(3)4-5-12/h10-11H,4-9,15H2,1-3H3. The summed E-state index contributed by atoms with van der Waals surface area (Å²) in [6.45, 7) is 7.26. The number of hydrogen-bond donors (Lipinski definition) is 0. The van der Waals surface area contributed by atoms with Gasteiger partial charge in [0.2, 0.25) is 0 Å². The van der Waals surface area contributed by atoms with Gasteiger partial charge in [-0.2, -0.15) is 0 Å². The number of rotatable bonds is 4. The van der Waals surface area contributed by atoms with Gasteiger partial charge in [0.05, 0.1) is 0 Å². The maximum atomic E-state index is 3.20. The number of hydrogen-bond acceptors (Lipinski definition) is 0. The van der Waals surface area contributed by atoms with Gasteiger partial charge in [-0.15, -0.1) is 9.24 Å². The monoisotopic (exact) mass is 224 g/mol. The third kappa shape index (κ3) is 1.36. The minimum atomic E-state index is 0.717. The lowest BCUT2D eigenvalue weighted by atomic mass is 9.32. The Balaban J connectivity index is 1.61. The van der Waals surface area contributed by atoms with Crippen LogP contribution in [0.5, 0.6) is 0 Å². The Morgan fingerprint density at radius 2 is 1.67 bits per heavy atom. The second-order valence-corrected chi connectivity index (χ2v) is 8.29. The zero-order valence-electron chi connectivity index (χ0n) is 10.5. The molecule has 2 unspecified atom stereocenters. The Labute approximate surface area is 96.8 Å². The molecule has 4 saturated carbocycles. The van der Waals surface area contributed by atoms with Crippen LogP contribution in [0, 0.1) is 22.2 Å². The van der Waals surface area contributed by atoms with Gasteiger partial charge in [0.25, 0.3) is 0 Å². The first-order valence-corrected chi connectivity index (χ1v) is 7.32. The molecule has 86 valence electrons. The summed E-state index contributed by atoms with van der Waals surface area (Å²) in [4.78, 5) is 0. The lowest BCUT2D eigenvalue weighted by molar-refractivity contribution is -0.218. The Morgan fingerprint density at radius 1 is 1.13 bits per heavy atom. The van der Waals surface area contributed by atoms with E-state index in [2.05, 4.69) is 30.0 Å². The summed E-state index contributed by atoms with van der Waals surface area (Å²) < 4.78 is 0. The Bertz CT molecular complexity index is 268. The van der Waals surface area contributed by atoms with Gasteiger partial charge in [-0.05, 0) is 66.3 Å². The van der Waals surface area contributed by atoms with Gasteiger partial charge >= 0.3 is 0 Å². The molecule has 4 aliphatic carbocycles. The first-order valence-electron chi connectivity index (χ1n) is 6.66. The third-order valence-electron chi connectivity index (χ3n) is 5.47. The zero-order valence-corrected chi connectivity index (χ0v) is 11.6. The van der Waals surface area contributed by atoms with Crippen molar-refractivity contribution in [1.29, 1.82) is 0 Å². The van der Waals surface area contributed by atoms with Gasteiger partial charge in [-0.1, -0.05) is 20.8 Å². The van der Waals surface area contributed by atoms with Crippen molar-refractivity contribution in [1.82, 2.24) is 0 Å². The molecule has 0 aromatic carbocycles. The molecule has 2 bridgehead atoms. The second-order valence-electron chi connectivity index (χ2n) is 7.62. The lowest BCUT2D eigenvalue weighted by Gasteiger charge is -2.75. The van der Waals surface area contributed by atoms with Crippen LogP contribution in [0.25, 0.3) is 0 Å². The van der Waals surface area contributed by atoms with Crippen LogP contribution in [0.1, 0.15) is 59.3 Å². The van der Waals surface area contributed by atoms with Crippen LogP contribution >= 0.6 is 9.24 Å². The van der Waals surface area contributed by atoms with Crippen LogP contribution in [0.15, 0.2) is 0 Å². The predicted molar refractivity (Wildman–Crippen MR) is 69.0 cm³/mol. The smallest absolute Gasteiger partial charge is 0.0153 e. The van der Waals surface area contributed by atoms with Crippen molar-refractivity contribution >= 4 is 9.24 Å². The van der Waals surface area contributed by atoms with E-state index in [4.69, 9.17) is 0 Å². The molecule has 0 nitrogen and oxygen atoms in total. The zero-order chi connectivity index (χ0) is 10.9. The lowest BCUT2D eigenvalue weighted by Crippen LogP contribution is -2.66. The molecular formula is C14H25P. The molecule has 4 fully saturated rings. The van der Waals surface area contributed by atoms with Crippen molar-refractivity contribution in [2.75, 3.05) is 0 Å². The second kappa shape index (κ2) is 2.81. The van der Waals surface area contributed by atoms with E-state index in [0.29, 0.717) is 0 Å². The molecule has 2 atom stereocenters. The molecule has 0 radical (unpaired) electrons. The summed E-state index contributed by atoms with van der Waals surface area (Å²) in [6, 6.07) is 0. The van der Waals surface area contributed by atoms with E-state index in [1.807, 2.05) is 0 Å². The van der Waals surface area contributed by atoms with Crippen LogP contribution in [0.2, 0.25) is 0 Å². The van der Waals surface area contributed by atoms with E-state index in [1.165, 1.54) is 19.3 Å². The first kappa shape index (κ1) is 10.6. The first-order chi connectivity index (χ1) is 6.90. The summed E-state index contributed by atoms with van der Waals surface area (Å²) in [7, 11) is 3.20. The van der Waals surface area contributed by atoms with Gasteiger partial charge in [-0.25, -0.2) is 0 Å². The molecular weight excluding hydrogens is 199 g/mol. The minimum Gasteiger partial charge on any atom is -0.133 e.